The van der Waals surface area contributed by atoms with Crippen molar-refractivity contribution in [1.29, 1.82) is 0 Å². The van der Waals surface area contributed by atoms with Gasteiger partial charge in [0.05, 0.1) is 19.0 Å². The van der Waals surface area contributed by atoms with E-state index >= 15 is 0 Å². The average Bonchev–Trinajstić information content (AvgIpc) is 2.73. The molecule has 1 aromatic carbocycles. The Hall–Kier alpha value is -1.62. The number of nitrogens with zero attached hydrogens (tertiary/aromatic N) is 2. The molecule has 0 unspecified atom stereocenters. The molecular formula is C15H15BrN2O2. The molecule has 104 valence electrons. The van der Waals surface area contributed by atoms with Gasteiger partial charge in [0.25, 0.3) is 0 Å². The van der Waals surface area contributed by atoms with Gasteiger partial charge in [-0.25, -0.2) is 9.97 Å². The second kappa shape index (κ2) is 4.74. The summed E-state index contributed by atoms with van der Waals surface area (Å²) in [5, 5.41) is 0. The van der Waals surface area contributed by atoms with Crippen LogP contribution >= 0.6 is 15.9 Å². The van der Waals surface area contributed by atoms with Gasteiger partial charge < -0.3 is 9.47 Å². The molecule has 1 aliphatic heterocycles. The first-order valence-corrected chi connectivity index (χ1v) is 7.19. The molecule has 0 saturated heterocycles. The summed E-state index contributed by atoms with van der Waals surface area (Å²) in [7, 11) is 0. The zero-order chi connectivity index (χ0) is 14.3. The molecule has 2 heterocycles. The molecule has 0 fully saturated rings. The zero-order valence-corrected chi connectivity index (χ0v) is 13.2. The maximum Gasteiger partial charge on any atom is 0.237 e. The minimum absolute atomic E-state index is 0.0700. The van der Waals surface area contributed by atoms with Gasteiger partial charge in [-0.15, -0.1) is 0 Å². The number of hydrogen-bond acceptors (Lipinski definition) is 4. The molecule has 20 heavy (non-hydrogen) atoms. The summed E-state index contributed by atoms with van der Waals surface area (Å²) in [6.07, 6.45) is 3.21. The molecule has 0 radical (unpaired) electrons. The predicted molar refractivity (Wildman–Crippen MR) is 79.5 cm³/mol. The quantitative estimate of drug-likeness (QED) is 0.832. The number of aryl methyl sites for hydroxylation is 1. The van der Waals surface area contributed by atoms with Crippen LogP contribution in [0.4, 0.5) is 0 Å². The lowest BCUT2D eigenvalue weighted by Crippen LogP contribution is -2.19. The molecule has 0 amide bonds. The maximum atomic E-state index is 5.89. The van der Waals surface area contributed by atoms with Crippen LogP contribution in [0.5, 0.6) is 17.4 Å². The highest BCUT2D eigenvalue weighted by Gasteiger charge is 2.36. The Kier molecular flexibility index (Phi) is 3.17. The summed E-state index contributed by atoms with van der Waals surface area (Å²) in [4.78, 5) is 8.32. The predicted octanol–water partition coefficient (Wildman–Crippen LogP) is 4.01. The van der Waals surface area contributed by atoms with Crippen molar-refractivity contribution in [1.82, 2.24) is 9.97 Å². The minimum Gasteiger partial charge on any atom is -0.492 e. The highest BCUT2D eigenvalue weighted by atomic mass is 79.9. The summed E-state index contributed by atoms with van der Waals surface area (Å²) in [5.41, 5.74) is 2.15. The third-order valence-corrected chi connectivity index (χ3v) is 3.79. The number of benzene rings is 1. The van der Waals surface area contributed by atoms with Crippen molar-refractivity contribution in [3.63, 3.8) is 0 Å². The lowest BCUT2D eigenvalue weighted by atomic mass is 9.85. The first kappa shape index (κ1) is 13.4. The Morgan fingerprint density at radius 1 is 1.25 bits per heavy atom. The maximum absolute atomic E-state index is 5.89. The third kappa shape index (κ3) is 2.26. The third-order valence-electron chi connectivity index (χ3n) is 3.38. The van der Waals surface area contributed by atoms with Gasteiger partial charge in [0.1, 0.15) is 16.1 Å². The van der Waals surface area contributed by atoms with Crippen molar-refractivity contribution < 1.29 is 9.47 Å². The van der Waals surface area contributed by atoms with Crippen LogP contribution in [-0.2, 0) is 5.41 Å². The van der Waals surface area contributed by atoms with Crippen molar-refractivity contribution in [3.05, 3.63) is 40.3 Å². The zero-order valence-electron chi connectivity index (χ0n) is 11.6. The van der Waals surface area contributed by atoms with E-state index in [1.54, 1.807) is 12.4 Å². The SMILES string of the molecule is Cc1ccc(Oc2cnc(Br)cn2)c2c1OCC2(C)C. The van der Waals surface area contributed by atoms with E-state index in [9.17, 15) is 0 Å². The van der Waals surface area contributed by atoms with Crippen molar-refractivity contribution >= 4 is 15.9 Å². The van der Waals surface area contributed by atoms with Crippen LogP contribution in [0.25, 0.3) is 0 Å². The van der Waals surface area contributed by atoms with Gasteiger partial charge in [0.15, 0.2) is 0 Å². The molecule has 0 bridgehead atoms. The molecule has 4 nitrogen and oxygen atoms in total. The smallest absolute Gasteiger partial charge is 0.237 e. The average molecular weight is 335 g/mol. The molecule has 1 aromatic heterocycles. The first-order chi connectivity index (χ1) is 9.47. The highest BCUT2D eigenvalue weighted by molar-refractivity contribution is 9.10. The van der Waals surface area contributed by atoms with Crippen molar-refractivity contribution in [2.75, 3.05) is 6.61 Å². The number of aromatic nitrogens is 2. The number of hydrogen-bond donors (Lipinski definition) is 0. The lowest BCUT2D eigenvalue weighted by Gasteiger charge is -2.19. The topological polar surface area (TPSA) is 44.2 Å². The number of ether oxygens (including phenoxy) is 2. The fraction of sp³-hybridized carbons (Fsp3) is 0.333. The van der Waals surface area contributed by atoms with E-state index in [2.05, 4.69) is 39.7 Å². The lowest BCUT2D eigenvalue weighted by molar-refractivity contribution is 0.289. The molecular weight excluding hydrogens is 320 g/mol. The molecule has 3 rings (SSSR count). The van der Waals surface area contributed by atoms with E-state index in [1.807, 2.05) is 19.1 Å². The van der Waals surface area contributed by atoms with Crippen molar-refractivity contribution in [2.24, 2.45) is 0 Å². The molecule has 0 N–H and O–H groups in total. The Bertz CT molecular complexity index is 654. The molecule has 1 aliphatic rings. The monoisotopic (exact) mass is 334 g/mol. The second-order valence-electron chi connectivity index (χ2n) is 5.54. The number of halogens is 1. The minimum atomic E-state index is -0.0700. The standard InChI is InChI=1S/C15H15BrN2O2/c1-9-4-5-10(13-14(9)19-8-15(13,2)3)20-12-7-17-11(16)6-18-12/h4-7H,8H2,1-3H3. The van der Waals surface area contributed by atoms with Gasteiger partial charge in [-0.3, -0.25) is 0 Å². The van der Waals surface area contributed by atoms with E-state index in [0.717, 1.165) is 22.6 Å². The molecule has 2 aromatic rings. The Morgan fingerprint density at radius 3 is 2.75 bits per heavy atom. The van der Waals surface area contributed by atoms with E-state index in [0.29, 0.717) is 17.1 Å². The van der Waals surface area contributed by atoms with Gasteiger partial charge in [-0.05, 0) is 34.5 Å². The highest BCUT2D eigenvalue weighted by Crippen LogP contribution is 2.46. The van der Waals surface area contributed by atoms with Gasteiger partial charge in [-0.1, -0.05) is 19.9 Å². The molecule has 0 atom stereocenters. The van der Waals surface area contributed by atoms with Crippen LogP contribution in [0.1, 0.15) is 25.0 Å². The van der Waals surface area contributed by atoms with E-state index in [-0.39, 0.29) is 5.41 Å². The molecule has 5 heteroatoms. The van der Waals surface area contributed by atoms with Crippen LogP contribution in [0.3, 0.4) is 0 Å². The fourth-order valence-electron chi connectivity index (χ4n) is 2.37. The summed E-state index contributed by atoms with van der Waals surface area (Å²) in [6, 6.07) is 3.97. The van der Waals surface area contributed by atoms with E-state index in [1.165, 1.54) is 0 Å². The van der Waals surface area contributed by atoms with Crippen LogP contribution in [0.15, 0.2) is 29.1 Å². The first-order valence-electron chi connectivity index (χ1n) is 6.40. The van der Waals surface area contributed by atoms with Crippen LogP contribution < -0.4 is 9.47 Å². The van der Waals surface area contributed by atoms with Crippen LogP contribution in [0.2, 0.25) is 0 Å². The Labute approximate surface area is 126 Å². The Morgan fingerprint density at radius 2 is 2.05 bits per heavy atom. The van der Waals surface area contributed by atoms with Gasteiger partial charge in [0, 0.05) is 11.0 Å². The summed E-state index contributed by atoms with van der Waals surface area (Å²) < 4.78 is 12.4. The van der Waals surface area contributed by atoms with Crippen molar-refractivity contribution in [2.45, 2.75) is 26.2 Å². The van der Waals surface area contributed by atoms with Crippen LogP contribution in [-0.4, -0.2) is 16.6 Å². The summed E-state index contributed by atoms with van der Waals surface area (Å²) >= 11 is 3.26. The number of rotatable bonds is 2. The largest absolute Gasteiger partial charge is 0.492 e. The van der Waals surface area contributed by atoms with Gasteiger partial charge >= 0.3 is 0 Å². The fourth-order valence-corrected chi connectivity index (χ4v) is 2.58. The second-order valence-corrected chi connectivity index (χ2v) is 6.35. The summed E-state index contributed by atoms with van der Waals surface area (Å²) in [6.45, 7) is 7.01. The van der Waals surface area contributed by atoms with Gasteiger partial charge in [-0.2, -0.15) is 0 Å². The molecule has 0 saturated carbocycles. The Balaban J connectivity index is 2.03. The molecule has 0 aliphatic carbocycles. The van der Waals surface area contributed by atoms with Gasteiger partial charge in [0.2, 0.25) is 5.88 Å². The van der Waals surface area contributed by atoms with E-state index < -0.39 is 0 Å². The number of fused-ring (bicyclic) bond motifs is 1. The molecule has 0 spiro atoms. The van der Waals surface area contributed by atoms with Crippen molar-refractivity contribution in [3.8, 4) is 17.4 Å². The normalized spacial score (nSPS) is 15.6. The van der Waals surface area contributed by atoms with E-state index in [4.69, 9.17) is 9.47 Å². The summed E-state index contributed by atoms with van der Waals surface area (Å²) in [5.74, 6) is 2.18. The van der Waals surface area contributed by atoms with Crippen LogP contribution in [0, 0.1) is 6.92 Å².